The minimum atomic E-state index is -1.10. The lowest BCUT2D eigenvalue weighted by molar-refractivity contribution is -0.128. The molecule has 0 spiro atoms. The van der Waals surface area contributed by atoms with Gasteiger partial charge in [-0.2, -0.15) is 0 Å². The molecule has 1 heterocycles. The molecular weight excluding hydrogens is 334 g/mol. The monoisotopic (exact) mass is 363 g/mol. The topological polar surface area (TPSA) is 110 Å². The summed E-state index contributed by atoms with van der Waals surface area (Å²) in [5.74, 6) is 0.808. The zero-order valence-corrected chi connectivity index (χ0v) is 15.7. The predicted octanol–water partition coefficient (Wildman–Crippen LogP) is 0.494. The van der Waals surface area contributed by atoms with Crippen LogP contribution in [0.15, 0.2) is 34.4 Å². The van der Waals surface area contributed by atoms with Crippen LogP contribution < -0.4 is 10.9 Å². The standard InChI is InChI=1S/C18H29N5O3/c1-5-6-14(18(2,3)26)21-22-16-17(19-4)23(15(25)11-20-16)12-7-9-13(24)10-8-12/h5-6,12-13,21,24,26H,1,7-11H2,2-4H3,(H,20,22)/b14-6-,19-17?. The van der Waals surface area contributed by atoms with E-state index in [0.717, 1.165) is 12.8 Å². The molecule has 8 heteroatoms. The number of hydrogen-bond donors (Lipinski definition) is 4. The number of amides is 1. The van der Waals surface area contributed by atoms with Gasteiger partial charge in [-0.05, 0) is 45.6 Å². The Balaban J connectivity index is 2.15. The van der Waals surface area contributed by atoms with E-state index in [2.05, 4.69) is 27.4 Å². The second kappa shape index (κ2) is 8.46. The summed E-state index contributed by atoms with van der Waals surface area (Å²) >= 11 is 0. The van der Waals surface area contributed by atoms with Gasteiger partial charge in [-0.15, -0.1) is 0 Å². The Morgan fingerprint density at radius 2 is 2.04 bits per heavy atom. The molecule has 26 heavy (non-hydrogen) atoms. The van der Waals surface area contributed by atoms with Crippen LogP contribution in [0.2, 0.25) is 0 Å². The van der Waals surface area contributed by atoms with Crippen LogP contribution in [0.1, 0.15) is 39.5 Å². The summed E-state index contributed by atoms with van der Waals surface area (Å²) in [5.41, 5.74) is 5.31. The van der Waals surface area contributed by atoms with Gasteiger partial charge in [0.25, 0.3) is 0 Å². The third kappa shape index (κ3) is 4.70. The molecule has 1 aliphatic carbocycles. The van der Waals surface area contributed by atoms with Crippen LogP contribution in [0.5, 0.6) is 0 Å². The first-order valence-electron chi connectivity index (χ1n) is 8.87. The quantitative estimate of drug-likeness (QED) is 0.420. The first-order valence-corrected chi connectivity index (χ1v) is 8.87. The average Bonchev–Trinajstić information content (AvgIpc) is 2.59. The Morgan fingerprint density at radius 1 is 1.38 bits per heavy atom. The number of aliphatic hydroxyl groups is 2. The van der Waals surface area contributed by atoms with Crippen LogP contribution in [-0.4, -0.2) is 64.0 Å². The summed E-state index contributed by atoms with van der Waals surface area (Å²) in [5, 5.41) is 19.9. The predicted molar refractivity (Wildman–Crippen MR) is 102 cm³/mol. The summed E-state index contributed by atoms with van der Waals surface area (Å²) in [4.78, 5) is 22.7. The highest BCUT2D eigenvalue weighted by molar-refractivity contribution is 6.44. The number of rotatable bonds is 5. The Kier molecular flexibility index (Phi) is 6.55. The maximum Gasteiger partial charge on any atom is 0.250 e. The number of hydrazine groups is 1. The fourth-order valence-electron chi connectivity index (χ4n) is 3.17. The molecule has 2 rings (SSSR count). The van der Waals surface area contributed by atoms with Gasteiger partial charge in [0.15, 0.2) is 11.7 Å². The second-order valence-corrected chi connectivity index (χ2v) is 7.06. The van der Waals surface area contributed by atoms with Crippen molar-refractivity contribution in [3.05, 3.63) is 24.4 Å². The van der Waals surface area contributed by atoms with Crippen molar-refractivity contribution in [3.8, 4) is 0 Å². The zero-order valence-electron chi connectivity index (χ0n) is 15.7. The Bertz CT molecular complexity index is 625. The Morgan fingerprint density at radius 3 is 2.58 bits per heavy atom. The van der Waals surface area contributed by atoms with E-state index in [-0.39, 0.29) is 24.6 Å². The summed E-state index contributed by atoms with van der Waals surface area (Å²) in [6, 6.07) is 0.00868. The molecule has 2 aliphatic rings. The van der Waals surface area contributed by atoms with Gasteiger partial charge in [0.05, 0.1) is 11.8 Å². The number of nitrogens with zero attached hydrogens (tertiary/aromatic N) is 3. The van der Waals surface area contributed by atoms with Gasteiger partial charge in [-0.25, -0.2) is 0 Å². The molecule has 0 aromatic heterocycles. The average molecular weight is 363 g/mol. The van der Waals surface area contributed by atoms with Crippen LogP contribution in [0.25, 0.3) is 0 Å². The van der Waals surface area contributed by atoms with E-state index in [9.17, 15) is 15.0 Å². The summed E-state index contributed by atoms with van der Waals surface area (Å²) in [6.45, 7) is 6.98. The van der Waals surface area contributed by atoms with E-state index < -0.39 is 5.60 Å². The van der Waals surface area contributed by atoms with Gasteiger partial charge in [-0.1, -0.05) is 12.7 Å². The first-order chi connectivity index (χ1) is 12.3. The van der Waals surface area contributed by atoms with E-state index in [4.69, 9.17) is 0 Å². The van der Waals surface area contributed by atoms with Gasteiger partial charge < -0.3 is 15.6 Å². The fraction of sp³-hybridized carbons (Fsp3) is 0.611. The molecular formula is C18H29N5O3. The molecule has 0 unspecified atom stereocenters. The zero-order chi connectivity index (χ0) is 19.3. The highest BCUT2D eigenvalue weighted by Crippen LogP contribution is 2.25. The lowest BCUT2D eigenvalue weighted by Gasteiger charge is -2.38. The number of amidine groups is 2. The molecule has 0 radical (unpaired) electrons. The van der Waals surface area contributed by atoms with E-state index in [0.29, 0.717) is 30.2 Å². The minimum absolute atomic E-state index is 0.00868. The largest absolute Gasteiger partial charge is 0.393 e. The van der Waals surface area contributed by atoms with Crippen molar-refractivity contribution in [2.24, 2.45) is 9.98 Å². The molecule has 144 valence electrons. The number of aliphatic imine (C=N–C) groups is 2. The van der Waals surface area contributed by atoms with Crippen molar-refractivity contribution < 1.29 is 15.0 Å². The van der Waals surface area contributed by atoms with Gasteiger partial charge in [-0.3, -0.25) is 25.1 Å². The molecule has 1 aliphatic heterocycles. The van der Waals surface area contributed by atoms with Crippen molar-refractivity contribution in [2.45, 2.75) is 57.3 Å². The van der Waals surface area contributed by atoms with Crippen LogP contribution >= 0.6 is 0 Å². The fourth-order valence-corrected chi connectivity index (χ4v) is 3.17. The van der Waals surface area contributed by atoms with Crippen molar-refractivity contribution in [2.75, 3.05) is 13.6 Å². The number of aliphatic hydroxyl groups excluding tert-OH is 1. The molecule has 8 nitrogen and oxygen atoms in total. The number of hydrogen-bond acceptors (Lipinski definition) is 7. The molecule has 0 aromatic rings. The Labute approximate surface area is 154 Å². The van der Waals surface area contributed by atoms with E-state index in [1.54, 1.807) is 37.9 Å². The van der Waals surface area contributed by atoms with Crippen molar-refractivity contribution in [1.29, 1.82) is 0 Å². The third-order valence-electron chi connectivity index (χ3n) is 4.58. The highest BCUT2D eigenvalue weighted by atomic mass is 16.3. The first kappa shape index (κ1) is 20.1. The molecule has 1 fully saturated rings. The smallest absolute Gasteiger partial charge is 0.250 e. The number of carbonyl (C=O) groups is 1. The molecule has 1 amide bonds. The van der Waals surface area contributed by atoms with Crippen molar-refractivity contribution >= 4 is 17.6 Å². The molecule has 0 saturated heterocycles. The number of carbonyl (C=O) groups excluding carboxylic acids is 1. The van der Waals surface area contributed by atoms with E-state index >= 15 is 0 Å². The minimum Gasteiger partial charge on any atom is -0.393 e. The highest BCUT2D eigenvalue weighted by Gasteiger charge is 2.35. The summed E-state index contributed by atoms with van der Waals surface area (Å²) < 4.78 is 0. The van der Waals surface area contributed by atoms with Crippen LogP contribution in [-0.2, 0) is 4.79 Å². The second-order valence-electron chi connectivity index (χ2n) is 7.06. The Hall–Kier alpha value is -2.19. The van der Waals surface area contributed by atoms with Gasteiger partial charge >= 0.3 is 0 Å². The third-order valence-corrected chi connectivity index (χ3v) is 4.58. The SMILES string of the molecule is C=C/C=C(\NNC1=NCC(=O)N(C2CCC(O)CC2)C1=NC)C(C)(C)O. The normalized spacial score (nSPS) is 26.6. The lowest BCUT2D eigenvalue weighted by atomic mass is 9.91. The van der Waals surface area contributed by atoms with E-state index in [1.165, 1.54) is 0 Å². The number of nitrogens with one attached hydrogen (secondary N) is 2. The summed E-state index contributed by atoms with van der Waals surface area (Å²) in [7, 11) is 1.62. The molecule has 0 atom stereocenters. The van der Waals surface area contributed by atoms with E-state index in [1.807, 2.05) is 0 Å². The maximum absolute atomic E-state index is 12.5. The molecule has 4 N–H and O–H groups in total. The van der Waals surface area contributed by atoms with Gasteiger partial charge in [0.2, 0.25) is 5.91 Å². The van der Waals surface area contributed by atoms with Crippen molar-refractivity contribution in [1.82, 2.24) is 15.8 Å². The molecule has 0 bridgehead atoms. The lowest BCUT2D eigenvalue weighted by Crippen LogP contribution is -2.58. The maximum atomic E-state index is 12.5. The van der Waals surface area contributed by atoms with Gasteiger partial charge in [0.1, 0.15) is 12.1 Å². The van der Waals surface area contributed by atoms with Crippen LogP contribution in [0.3, 0.4) is 0 Å². The number of allylic oxidation sites excluding steroid dienone is 2. The van der Waals surface area contributed by atoms with Crippen LogP contribution in [0.4, 0.5) is 0 Å². The molecule has 0 aromatic carbocycles. The summed E-state index contributed by atoms with van der Waals surface area (Å²) in [6.07, 6.45) is 5.76. The van der Waals surface area contributed by atoms with Gasteiger partial charge in [0, 0.05) is 13.1 Å². The van der Waals surface area contributed by atoms with Crippen molar-refractivity contribution in [3.63, 3.8) is 0 Å². The van der Waals surface area contributed by atoms with Crippen LogP contribution in [0, 0.1) is 0 Å². The molecule has 1 saturated carbocycles.